The van der Waals surface area contributed by atoms with Crippen LogP contribution < -0.4 is 14.5 Å². The Morgan fingerprint density at radius 2 is 1.84 bits per heavy atom. The Labute approximate surface area is 292 Å². The zero-order chi connectivity index (χ0) is 33.5. The number of nitrogens with zero attached hydrogens (tertiary/aromatic N) is 7. The van der Waals surface area contributed by atoms with E-state index in [2.05, 4.69) is 50.9 Å². The lowest BCUT2D eigenvalue weighted by Gasteiger charge is -2.41. The van der Waals surface area contributed by atoms with Crippen LogP contribution in [0.15, 0.2) is 66.7 Å². The third-order valence-electron chi connectivity index (χ3n) is 10.5. The number of likely N-dealkylation sites (N-methyl/N-ethyl adjacent to an activating group) is 1. The molecule has 3 fully saturated rings. The number of carbonyl (C=O) groups is 1. The van der Waals surface area contributed by atoms with Crippen LogP contribution in [0.25, 0.3) is 15.6 Å². The molecule has 0 N–H and O–H groups in total. The van der Waals surface area contributed by atoms with E-state index in [9.17, 15) is 4.79 Å². The summed E-state index contributed by atoms with van der Waals surface area (Å²) in [7, 11) is 2.14. The number of aromatic nitrogens is 2. The molecule has 4 aliphatic heterocycles. The molecule has 0 bridgehead atoms. The molecule has 0 radical (unpaired) electrons. The van der Waals surface area contributed by atoms with Crippen LogP contribution >= 0.6 is 11.6 Å². The van der Waals surface area contributed by atoms with E-state index >= 15 is 0 Å². The van der Waals surface area contributed by atoms with Crippen LogP contribution in [0.1, 0.15) is 35.8 Å². The Hall–Kier alpha value is -4.43. The molecule has 1 amide bonds. The Kier molecular flexibility index (Phi) is 8.74. The molecule has 0 unspecified atom stereocenters. The predicted octanol–water partition coefficient (Wildman–Crippen LogP) is 5.40. The van der Waals surface area contributed by atoms with Gasteiger partial charge in [-0.25, -0.2) is 6.57 Å². The van der Waals surface area contributed by atoms with Gasteiger partial charge in [0.05, 0.1) is 17.3 Å². The zero-order valence-electron chi connectivity index (χ0n) is 27.7. The number of halogens is 1. The number of fused-ring (bicyclic) bond motifs is 2. The van der Waals surface area contributed by atoms with Gasteiger partial charge in [0.15, 0.2) is 6.10 Å². The van der Waals surface area contributed by atoms with Crippen molar-refractivity contribution in [2.75, 3.05) is 62.7 Å². The van der Waals surface area contributed by atoms with Gasteiger partial charge in [-0.1, -0.05) is 66.2 Å². The van der Waals surface area contributed by atoms with Gasteiger partial charge in [-0.2, -0.15) is 9.97 Å². The molecule has 11 heteroatoms. The molecule has 252 valence electrons. The van der Waals surface area contributed by atoms with Crippen LogP contribution in [0.4, 0.5) is 11.5 Å². The van der Waals surface area contributed by atoms with Gasteiger partial charge >= 0.3 is 6.01 Å². The van der Waals surface area contributed by atoms with E-state index in [-0.39, 0.29) is 24.6 Å². The van der Waals surface area contributed by atoms with E-state index in [1.807, 2.05) is 47.4 Å². The topological polar surface area (TPSA) is 81.9 Å². The minimum absolute atomic E-state index is 0.0408. The van der Waals surface area contributed by atoms with Crippen LogP contribution in [0.5, 0.6) is 6.01 Å². The van der Waals surface area contributed by atoms with Gasteiger partial charge < -0.3 is 33.9 Å². The summed E-state index contributed by atoms with van der Waals surface area (Å²) in [6.45, 7) is 12.5. The summed E-state index contributed by atoms with van der Waals surface area (Å²) in [5.74, 6) is 0.809. The predicted molar refractivity (Wildman–Crippen MR) is 190 cm³/mol. The van der Waals surface area contributed by atoms with Crippen molar-refractivity contribution in [2.24, 2.45) is 0 Å². The highest BCUT2D eigenvalue weighted by atomic mass is 35.5. The summed E-state index contributed by atoms with van der Waals surface area (Å²) in [5, 5.41) is 2.88. The summed E-state index contributed by atoms with van der Waals surface area (Å²) in [4.78, 5) is 36.3. The largest absolute Gasteiger partial charge is 0.462 e. The molecular formula is C38H40ClN7O3. The second kappa shape index (κ2) is 13.5. The molecular weight excluding hydrogens is 638 g/mol. The second-order valence-corrected chi connectivity index (χ2v) is 13.9. The van der Waals surface area contributed by atoms with Gasteiger partial charge in [0.1, 0.15) is 24.6 Å². The average molecular weight is 678 g/mol. The fourth-order valence-corrected chi connectivity index (χ4v) is 8.06. The second-order valence-electron chi connectivity index (χ2n) is 13.5. The van der Waals surface area contributed by atoms with Crippen molar-refractivity contribution in [1.29, 1.82) is 0 Å². The summed E-state index contributed by atoms with van der Waals surface area (Å²) >= 11 is 6.74. The van der Waals surface area contributed by atoms with E-state index in [4.69, 9.17) is 37.6 Å². The SMILES string of the molecule is [C-]#[N+]C[C@H]1CN(c2nc(OC[C@@H]3CCCN3C)nc3c2CCN(c2cccc4cccc(Cl)c24)C3)CCN1C(=O)[C@@H]1O[C@H]1c1ccccc1. The normalized spacial score (nSPS) is 23.7. The number of likely N-dealkylation sites (tertiary alicyclic amines) is 1. The van der Waals surface area contributed by atoms with E-state index in [1.165, 1.54) is 0 Å². The quantitative estimate of drug-likeness (QED) is 0.181. The third kappa shape index (κ3) is 6.27. The highest BCUT2D eigenvalue weighted by Gasteiger charge is 2.50. The maximum absolute atomic E-state index is 13.7. The molecule has 4 atom stereocenters. The van der Waals surface area contributed by atoms with Crippen LogP contribution in [0.3, 0.4) is 0 Å². The van der Waals surface area contributed by atoms with E-state index < -0.39 is 6.10 Å². The number of piperazine rings is 1. The molecule has 1 aromatic heterocycles. The van der Waals surface area contributed by atoms with Crippen molar-refractivity contribution < 1.29 is 14.3 Å². The number of carbonyl (C=O) groups excluding carboxylic acids is 1. The molecule has 4 aliphatic rings. The summed E-state index contributed by atoms with van der Waals surface area (Å²) < 4.78 is 12.2. The van der Waals surface area contributed by atoms with Crippen LogP contribution in [-0.4, -0.2) is 96.8 Å². The number of rotatable bonds is 8. The van der Waals surface area contributed by atoms with Crippen molar-refractivity contribution in [3.8, 4) is 6.01 Å². The standard InChI is InChI=1S/C38H40ClN7O3/c1-40-21-28-22-45(19-20-46(28)37(47)35-34(49-35)26-9-4-3-5-10-26)36-29-16-18-44(32-15-7-12-25-11-6-14-30(39)33(25)32)23-31(29)41-38(42-36)48-24-27-13-8-17-43(27)2/h3-7,9-12,14-15,27-28,34-35H,8,13,16-24H2,2H3/t27-,28-,34-,35+/m0/s1. The van der Waals surface area contributed by atoms with Gasteiger partial charge in [-0.15, -0.1) is 0 Å². The fraction of sp³-hybridized carbons (Fsp3) is 0.421. The molecule has 49 heavy (non-hydrogen) atoms. The van der Waals surface area contributed by atoms with Gasteiger partial charge in [0.2, 0.25) is 6.54 Å². The van der Waals surface area contributed by atoms with Gasteiger partial charge in [-0.3, -0.25) is 4.79 Å². The first-order valence-electron chi connectivity index (χ1n) is 17.2. The van der Waals surface area contributed by atoms with Crippen LogP contribution in [-0.2, 0) is 22.5 Å². The van der Waals surface area contributed by atoms with Gasteiger partial charge in [-0.05, 0) is 55.9 Å². The zero-order valence-corrected chi connectivity index (χ0v) is 28.4. The van der Waals surface area contributed by atoms with Crippen molar-refractivity contribution in [3.05, 3.63) is 100.0 Å². The first kappa shape index (κ1) is 31.8. The van der Waals surface area contributed by atoms with Crippen molar-refractivity contribution >= 4 is 39.8 Å². The molecule has 5 heterocycles. The molecule has 0 spiro atoms. The Morgan fingerprint density at radius 1 is 1.00 bits per heavy atom. The number of anilines is 2. The number of ether oxygens (including phenoxy) is 2. The molecule has 8 rings (SSSR count). The van der Waals surface area contributed by atoms with E-state index in [0.29, 0.717) is 44.8 Å². The molecule has 3 aromatic carbocycles. The van der Waals surface area contributed by atoms with Crippen LogP contribution in [0.2, 0.25) is 5.02 Å². The summed E-state index contributed by atoms with van der Waals surface area (Å²) in [5.41, 5.74) is 4.13. The number of hydrogen-bond acceptors (Lipinski definition) is 8. The molecule has 0 aliphatic carbocycles. The molecule has 4 aromatic rings. The van der Waals surface area contributed by atoms with Crippen LogP contribution in [0, 0.1) is 6.57 Å². The fourth-order valence-electron chi connectivity index (χ4n) is 7.78. The first-order valence-corrected chi connectivity index (χ1v) is 17.6. The Balaban J connectivity index is 1.07. The molecule has 3 saturated heterocycles. The number of hydrogen-bond donors (Lipinski definition) is 0. The summed E-state index contributed by atoms with van der Waals surface area (Å²) in [6.07, 6.45) is 2.27. The monoisotopic (exact) mass is 677 g/mol. The van der Waals surface area contributed by atoms with Gasteiger partial charge in [0.25, 0.3) is 5.91 Å². The number of epoxide rings is 1. The lowest BCUT2D eigenvalue weighted by atomic mass is 10.0. The Bertz CT molecular complexity index is 1900. The van der Waals surface area contributed by atoms with Crippen molar-refractivity contribution in [2.45, 2.75) is 50.1 Å². The van der Waals surface area contributed by atoms with Crippen molar-refractivity contribution in [1.82, 2.24) is 19.8 Å². The Morgan fingerprint density at radius 3 is 2.63 bits per heavy atom. The maximum Gasteiger partial charge on any atom is 0.318 e. The molecule has 10 nitrogen and oxygen atoms in total. The lowest BCUT2D eigenvalue weighted by molar-refractivity contribution is -0.135. The summed E-state index contributed by atoms with van der Waals surface area (Å²) in [6, 6.07) is 22.6. The minimum Gasteiger partial charge on any atom is -0.462 e. The van der Waals surface area contributed by atoms with E-state index in [0.717, 1.165) is 76.5 Å². The van der Waals surface area contributed by atoms with Crippen molar-refractivity contribution in [3.63, 3.8) is 0 Å². The smallest absolute Gasteiger partial charge is 0.318 e. The number of amides is 1. The van der Waals surface area contributed by atoms with Gasteiger partial charge in [0, 0.05) is 48.9 Å². The highest BCUT2D eigenvalue weighted by Crippen LogP contribution is 2.41. The highest BCUT2D eigenvalue weighted by molar-refractivity contribution is 6.36. The average Bonchev–Trinajstić information content (AvgIpc) is 3.83. The minimum atomic E-state index is -0.503. The lowest BCUT2D eigenvalue weighted by Crippen LogP contribution is -2.58. The first-order chi connectivity index (χ1) is 24.0. The molecule has 0 saturated carbocycles. The maximum atomic E-state index is 13.7. The van der Waals surface area contributed by atoms with E-state index in [1.54, 1.807) is 0 Å². The third-order valence-corrected chi connectivity index (χ3v) is 10.8. The number of benzene rings is 3.